The van der Waals surface area contributed by atoms with Gasteiger partial charge in [-0.15, -0.1) is 0 Å². The molecular formula is C21H15F3N6. The minimum atomic E-state index is -4.43. The van der Waals surface area contributed by atoms with E-state index in [0.29, 0.717) is 16.8 Å². The van der Waals surface area contributed by atoms with E-state index < -0.39 is 11.7 Å². The molecule has 30 heavy (non-hydrogen) atoms. The summed E-state index contributed by atoms with van der Waals surface area (Å²) < 4.78 is 41.4. The first-order chi connectivity index (χ1) is 14.2. The highest BCUT2D eigenvalue weighted by molar-refractivity contribution is 5.81. The third-order valence-electron chi connectivity index (χ3n) is 4.55. The SMILES string of the molecule is C/C(=C\n1cc(-c2ccc(C#N)nc2-c2ccn3cc(C)nc3c2)cn1)C(F)(F)F. The number of allylic oxidation sites excluding steroid dienone is 1. The number of hydrogen-bond donors (Lipinski definition) is 0. The van der Waals surface area contributed by atoms with E-state index >= 15 is 0 Å². The van der Waals surface area contributed by atoms with Crippen LogP contribution in [0.2, 0.25) is 0 Å². The maximum absolute atomic E-state index is 12.8. The van der Waals surface area contributed by atoms with Crippen LogP contribution in [0.1, 0.15) is 18.3 Å². The van der Waals surface area contributed by atoms with Gasteiger partial charge in [0, 0.05) is 47.1 Å². The van der Waals surface area contributed by atoms with Crippen molar-refractivity contribution in [3.8, 4) is 28.5 Å². The topological polar surface area (TPSA) is 71.8 Å². The highest BCUT2D eigenvalue weighted by Crippen LogP contribution is 2.32. The summed E-state index contributed by atoms with van der Waals surface area (Å²) in [6, 6.07) is 8.98. The maximum atomic E-state index is 12.8. The molecule has 4 aromatic heterocycles. The zero-order valence-corrected chi connectivity index (χ0v) is 16.0. The van der Waals surface area contributed by atoms with Crippen LogP contribution in [0.4, 0.5) is 13.2 Å². The zero-order valence-electron chi connectivity index (χ0n) is 16.0. The minimum absolute atomic E-state index is 0.230. The Morgan fingerprint density at radius 2 is 1.93 bits per heavy atom. The Bertz CT molecular complexity index is 1320. The van der Waals surface area contributed by atoms with Crippen molar-refractivity contribution in [2.45, 2.75) is 20.0 Å². The van der Waals surface area contributed by atoms with E-state index in [4.69, 9.17) is 0 Å². The summed E-state index contributed by atoms with van der Waals surface area (Å²) in [6.07, 6.45) is 3.17. The molecule has 4 aromatic rings. The van der Waals surface area contributed by atoms with Crippen molar-refractivity contribution in [2.24, 2.45) is 0 Å². The van der Waals surface area contributed by atoms with Crippen molar-refractivity contribution in [3.63, 3.8) is 0 Å². The van der Waals surface area contributed by atoms with Gasteiger partial charge in [0.2, 0.25) is 0 Å². The molecular weight excluding hydrogens is 393 g/mol. The Kier molecular flexibility index (Phi) is 4.62. The van der Waals surface area contributed by atoms with Crippen molar-refractivity contribution in [1.29, 1.82) is 5.26 Å². The van der Waals surface area contributed by atoms with Crippen molar-refractivity contribution in [3.05, 3.63) is 66.0 Å². The lowest BCUT2D eigenvalue weighted by Crippen LogP contribution is -2.09. The lowest BCUT2D eigenvalue weighted by molar-refractivity contribution is -0.0906. The molecule has 0 unspecified atom stereocenters. The molecule has 0 fully saturated rings. The smallest absolute Gasteiger partial charge is 0.307 e. The molecule has 0 saturated carbocycles. The molecule has 4 heterocycles. The highest BCUT2D eigenvalue weighted by atomic mass is 19.4. The zero-order chi connectivity index (χ0) is 21.5. The van der Waals surface area contributed by atoms with E-state index in [1.807, 2.05) is 41.9 Å². The minimum Gasteiger partial charge on any atom is -0.307 e. The molecule has 0 spiro atoms. The third-order valence-corrected chi connectivity index (χ3v) is 4.55. The number of hydrogen-bond acceptors (Lipinski definition) is 4. The van der Waals surface area contributed by atoms with E-state index in [1.165, 1.54) is 12.4 Å². The van der Waals surface area contributed by atoms with Gasteiger partial charge in [0.05, 0.1) is 17.6 Å². The predicted molar refractivity (Wildman–Crippen MR) is 105 cm³/mol. The predicted octanol–water partition coefficient (Wildman–Crippen LogP) is 4.86. The molecule has 0 saturated heterocycles. The summed E-state index contributed by atoms with van der Waals surface area (Å²) in [6.45, 7) is 2.87. The van der Waals surface area contributed by atoms with Crippen LogP contribution in [-0.4, -0.2) is 30.3 Å². The average molecular weight is 408 g/mol. The number of aromatic nitrogens is 5. The van der Waals surface area contributed by atoms with Crippen LogP contribution in [0.25, 0.3) is 34.2 Å². The summed E-state index contributed by atoms with van der Waals surface area (Å²) in [7, 11) is 0. The third kappa shape index (κ3) is 3.67. The van der Waals surface area contributed by atoms with Crippen LogP contribution in [0.15, 0.2) is 54.6 Å². The van der Waals surface area contributed by atoms with Crippen molar-refractivity contribution in [2.75, 3.05) is 0 Å². The van der Waals surface area contributed by atoms with E-state index in [1.54, 1.807) is 12.1 Å². The van der Waals surface area contributed by atoms with Crippen LogP contribution in [0.3, 0.4) is 0 Å². The lowest BCUT2D eigenvalue weighted by atomic mass is 10.0. The first kappa shape index (κ1) is 19.4. The summed E-state index contributed by atoms with van der Waals surface area (Å²) in [5.74, 6) is 0. The largest absolute Gasteiger partial charge is 0.413 e. The van der Waals surface area contributed by atoms with E-state index in [0.717, 1.165) is 34.7 Å². The lowest BCUT2D eigenvalue weighted by Gasteiger charge is -2.08. The molecule has 6 nitrogen and oxygen atoms in total. The van der Waals surface area contributed by atoms with Gasteiger partial charge in [-0.3, -0.25) is 0 Å². The van der Waals surface area contributed by atoms with Crippen molar-refractivity contribution < 1.29 is 13.2 Å². The highest BCUT2D eigenvalue weighted by Gasteiger charge is 2.30. The molecule has 0 aliphatic rings. The van der Waals surface area contributed by atoms with Crippen LogP contribution in [0.5, 0.6) is 0 Å². The van der Waals surface area contributed by atoms with Gasteiger partial charge in [-0.05, 0) is 38.1 Å². The van der Waals surface area contributed by atoms with E-state index in [2.05, 4.69) is 15.1 Å². The molecule has 0 bridgehead atoms. The van der Waals surface area contributed by atoms with Gasteiger partial charge >= 0.3 is 6.18 Å². The second-order valence-corrected chi connectivity index (χ2v) is 6.79. The summed E-state index contributed by atoms with van der Waals surface area (Å²) in [5, 5.41) is 13.3. The number of nitriles is 1. The summed E-state index contributed by atoms with van der Waals surface area (Å²) in [5.41, 5.74) is 3.52. The molecule has 9 heteroatoms. The number of rotatable bonds is 3. The van der Waals surface area contributed by atoms with Gasteiger partial charge in [0.25, 0.3) is 0 Å². The van der Waals surface area contributed by atoms with Crippen LogP contribution < -0.4 is 0 Å². The maximum Gasteiger partial charge on any atom is 0.413 e. The Balaban J connectivity index is 1.82. The molecule has 150 valence electrons. The second-order valence-electron chi connectivity index (χ2n) is 6.79. The molecule has 0 aliphatic carbocycles. The fraction of sp³-hybridized carbons (Fsp3) is 0.143. The number of alkyl halides is 3. The number of nitrogens with zero attached hydrogens (tertiary/aromatic N) is 6. The van der Waals surface area contributed by atoms with Gasteiger partial charge in [-0.2, -0.15) is 23.5 Å². The monoisotopic (exact) mass is 408 g/mol. The van der Waals surface area contributed by atoms with Crippen molar-refractivity contribution in [1.82, 2.24) is 24.1 Å². The Morgan fingerprint density at radius 3 is 2.67 bits per heavy atom. The van der Waals surface area contributed by atoms with Gasteiger partial charge < -0.3 is 4.40 Å². The standard InChI is InChI=1S/C21H15F3N6/c1-13(21(22,23)24)10-30-12-16(9-26-30)18-4-3-17(8-25)28-20(18)15-5-6-29-11-14(2)27-19(29)7-15/h3-7,9-12H,1-2H3/b13-10+. The van der Waals surface area contributed by atoms with Crippen LogP contribution in [-0.2, 0) is 0 Å². The first-order valence-electron chi connectivity index (χ1n) is 8.91. The van der Waals surface area contributed by atoms with Gasteiger partial charge in [-0.1, -0.05) is 0 Å². The van der Waals surface area contributed by atoms with Crippen LogP contribution in [0, 0.1) is 18.3 Å². The fourth-order valence-electron chi connectivity index (χ4n) is 3.05. The second kappa shape index (κ2) is 7.15. The van der Waals surface area contributed by atoms with Crippen molar-refractivity contribution >= 4 is 11.8 Å². The fourth-order valence-corrected chi connectivity index (χ4v) is 3.05. The van der Waals surface area contributed by atoms with E-state index in [9.17, 15) is 18.4 Å². The number of halogens is 3. The number of imidazole rings is 1. The molecule has 0 aromatic carbocycles. The van der Waals surface area contributed by atoms with Gasteiger partial charge in [-0.25, -0.2) is 14.6 Å². The quantitative estimate of drug-likeness (QED) is 0.485. The molecule has 0 N–H and O–H groups in total. The molecule has 0 atom stereocenters. The van der Waals surface area contributed by atoms with E-state index in [-0.39, 0.29) is 5.69 Å². The first-order valence-corrected chi connectivity index (χ1v) is 8.91. The number of aryl methyl sites for hydroxylation is 1. The Hall–Kier alpha value is -3.93. The summed E-state index contributed by atoms with van der Waals surface area (Å²) >= 11 is 0. The van der Waals surface area contributed by atoms with Gasteiger partial charge in [0.15, 0.2) is 0 Å². The molecule has 0 amide bonds. The Labute approximate surface area is 169 Å². The number of fused-ring (bicyclic) bond motifs is 1. The molecule has 4 rings (SSSR count). The normalized spacial score (nSPS) is 12.3. The number of pyridine rings is 2. The Morgan fingerprint density at radius 1 is 1.13 bits per heavy atom. The molecule has 0 radical (unpaired) electrons. The average Bonchev–Trinajstić information content (AvgIpc) is 3.31. The van der Waals surface area contributed by atoms with Crippen LogP contribution >= 0.6 is 0 Å². The summed E-state index contributed by atoms with van der Waals surface area (Å²) in [4.78, 5) is 8.87. The van der Waals surface area contributed by atoms with Gasteiger partial charge in [0.1, 0.15) is 17.4 Å². The molecule has 0 aliphatic heterocycles.